The summed E-state index contributed by atoms with van der Waals surface area (Å²) in [4.78, 5) is 0.348. The number of hydrogen-bond donors (Lipinski definition) is 2. The molecule has 94 valence electrons. The maximum absolute atomic E-state index is 11.9. The van der Waals surface area contributed by atoms with Crippen LogP contribution in [0.1, 0.15) is 18.4 Å². The summed E-state index contributed by atoms with van der Waals surface area (Å²) in [7, 11) is -3.21. The first-order chi connectivity index (χ1) is 8.06. The van der Waals surface area contributed by atoms with Gasteiger partial charge in [0.2, 0.25) is 0 Å². The second-order valence-electron chi connectivity index (χ2n) is 3.69. The molecular weight excluding hydrogens is 240 g/mol. The van der Waals surface area contributed by atoms with Crippen molar-refractivity contribution in [2.75, 3.05) is 5.75 Å². The van der Waals surface area contributed by atoms with E-state index in [1.54, 1.807) is 29.9 Å². The molecule has 0 aliphatic heterocycles. The molecule has 6 heteroatoms. The van der Waals surface area contributed by atoms with Gasteiger partial charge in [0.15, 0.2) is 9.84 Å². The van der Waals surface area contributed by atoms with E-state index < -0.39 is 9.84 Å². The Hall–Kier alpha value is -1.40. The number of hydrazone groups is 1. The zero-order chi connectivity index (χ0) is 12.7. The quantitative estimate of drug-likeness (QED) is 0.459. The van der Waals surface area contributed by atoms with Crippen LogP contribution >= 0.6 is 0 Å². The van der Waals surface area contributed by atoms with E-state index in [4.69, 9.17) is 5.21 Å². The summed E-state index contributed by atoms with van der Waals surface area (Å²) in [6.07, 6.45) is 2.41. The SMILES string of the molecule is Cc1ccc(S(=O)(=O)CCCC=NNO)cc1. The lowest BCUT2D eigenvalue weighted by molar-refractivity contribution is 0.172. The highest BCUT2D eigenvalue weighted by atomic mass is 32.2. The number of aryl methyl sites for hydroxylation is 1. The molecule has 1 aromatic carbocycles. The topological polar surface area (TPSA) is 78.8 Å². The van der Waals surface area contributed by atoms with Crippen molar-refractivity contribution in [2.24, 2.45) is 5.10 Å². The number of nitrogens with zero attached hydrogens (tertiary/aromatic N) is 1. The normalized spacial score (nSPS) is 11.9. The molecule has 0 spiro atoms. The van der Waals surface area contributed by atoms with Crippen LogP contribution in [-0.4, -0.2) is 25.6 Å². The Labute approximate surface area is 101 Å². The molecule has 0 amide bonds. The predicted octanol–water partition coefficient (Wildman–Crippen LogP) is 1.51. The maximum atomic E-state index is 11.9. The molecule has 0 aromatic heterocycles. The fourth-order valence-electron chi connectivity index (χ4n) is 1.33. The summed E-state index contributed by atoms with van der Waals surface area (Å²) >= 11 is 0. The minimum absolute atomic E-state index is 0.0769. The van der Waals surface area contributed by atoms with Gasteiger partial charge in [-0.25, -0.2) is 8.42 Å². The molecule has 0 saturated carbocycles. The van der Waals surface area contributed by atoms with E-state index in [1.807, 2.05) is 6.92 Å². The highest BCUT2D eigenvalue weighted by molar-refractivity contribution is 7.91. The van der Waals surface area contributed by atoms with Crippen molar-refractivity contribution in [3.8, 4) is 0 Å². The second kappa shape index (κ2) is 6.36. The maximum Gasteiger partial charge on any atom is 0.178 e. The van der Waals surface area contributed by atoms with Gasteiger partial charge in [-0.2, -0.15) is 10.7 Å². The van der Waals surface area contributed by atoms with Crippen LogP contribution in [0.4, 0.5) is 0 Å². The van der Waals surface area contributed by atoms with E-state index in [2.05, 4.69) is 5.10 Å². The first kappa shape index (κ1) is 13.7. The Morgan fingerprint density at radius 2 is 2.00 bits per heavy atom. The molecular formula is C11H16N2O3S. The van der Waals surface area contributed by atoms with Crippen molar-refractivity contribution in [3.05, 3.63) is 29.8 Å². The monoisotopic (exact) mass is 256 g/mol. The molecule has 0 fully saturated rings. The molecule has 1 rings (SSSR count). The zero-order valence-corrected chi connectivity index (χ0v) is 10.4. The van der Waals surface area contributed by atoms with Crippen molar-refractivity contribution in [1.82, 2.24) is 5.59 Å². The zero-order valence-electron chi connectivity index (χ0n) is 9.63. The lowest BCUT2D eigenvalue weighted by Crippen LogP contribution is -2.07. The molecule has 0 heterocycles. The third kappa shape index (κ3) is 4.54. The molecule has 0 saturated heterocycles. The Morgan fingerprint density at radius 3 is 2.59 bits per heavy atom. The molecule has 2 N–H and O–H groups in total. The van der Waals surface area contributed by atoms with Gasteiger partial charge in [0, 0.05) is 6.21 Å². The molecule has 0 bridgehead atoms. The third-order valence-electron chi connectivity index (χ3n) is 2.28. The molecule has 17 heavy (non-hydrogen) atoms. The van der Waals surface area contributed by atoms with E-state index in [9.17, 15) is 8.42 Å². The van der Waals surface area contributed by atoms with Crippen LogP contribution in [0.5, 0.6) is 0 Å². The number of sulfone groups is 1. The van der Waals surface area contributed by atoms with Crippen molar-refractivity contribution in [1.29, 1.82) is 0 Å². The third-order valence-corrected chi connectivity index (χ3v) is 4.09. The average Bonchev–Trinajstić information content (AvgIpc) is 2.29. The van der Waals surface area contributed by atoms with Gasteiger partial charge in [-0.05, 0) is 31.9 Å². The molecule has 0 atom stereocenters. The van der Waals surface area contributed by atoms with Crippen molar-refractivity contribution >= 4 is 16.1 Å². The van der Waals surface area contributed by atoms with E-state index in [-0.39, 0.29) is 5.75 Å². The largest absolute Gasteiger partial charge is 0.274 e. The van der Waals surface area contributed by atoms with Gasteiger partial charge in [-0.15, -0.1) is 0 Å². The average molecular weight is 256 g/mol. The van der Waals surface area contributed by atoms with E-state index in [0.717, 1.165) is 5.56 Å². The van der Waals surface area contributed by atoms with Crippen molar-refractivity contribution in [2.45, 2.75) is 24.7 Å². The van der Waals surface area contributed by atoms with Crippen molar-refractivity contribution in [3.63, 3.8) is 0 Å². The highest BCUT2D eigenvalue weighted by Crippen LogP contribution is 2.13. The number of hydrogen-bond acceptors (Lipinski definition) is 5. The smallest absolute Gasteiger partial charge is 0.178 e. The summed E-state index contributed by atoms with van der Waals surface area (Å²) < 4.78 is 23.7. The van der Waals surface area contributed by atoms with Crippen molar-refractivity contribution < 1.29 is 13.6 Å². The van der Waals surface area contributed by atoms with Crippen LogP contribution in [0.2, 0.25) is 0 Å². The van der Waals surface area contributed by atoms with Gasteiger partial charge < -0.3 is 0 Å². The van der Waals surface area contributed by atoms with Crippen LogP contribution in [0.3, 0.4) is 0 Å². The highest BCUT2D eigenvalue weighted by Gasteiger charge is 2.12. The van der Waals surface area contributed by atoms with E-state index in [0.29, 0.717) is 17.7 Å². The first-order valence-electron chi connectivity index (χ1n) is 5.26. The second-order valence-corrected chi connectivity index (χ2v) is 5.79. The first-order valence-corrected chi connectivity index (χ1v) is 6.91. The fourth-order valence-corrected chi connectivity index (χ4v) is 2.67. The molecule has 0 aliphatic carbocycles. The van der Waals surface area contributed by atoms with Gasteiger partial charge in [0.05, 0.1) is 10.6 Å². The Morgan fingerprint density at radius 1 is 1.35 bits per heavy atom. The number of benzene rings is 1. The summed E-state index contributed by atoms with van der Waals surface area (Å²) in [6.45, 7) is 1.91. The van der Waals surface area contributed by atoms with Gasteiger partial charge in [0.25, 0.3) is 0 Å². The predicted molar refractivity (Wildman–Crippen MR) is 65.9 cm³/mol. The minimum Gasteiger partial charge on any atom is -0.274 e. The van der Waals surface area contributed by atoms with Gasteiger partial charge in [0.1, 0.15) is 0 Å². The minimum atomic E-state index is -3.21. The summed E-state index contributed by atoms with van der Waals surface area (Å²) in [5.41, 5.74) is 2.66. The lowest BCUT2D eigenvalue weighted by atomic mass is 10.2. The van der Waals surface area contributed by atoms with Gasteiger partial charge in [-0.1, -0.05) is 17.7 Å². The fraction of sp³-hybridized carbons (Fsp3) is 0.364. The van der Waals surface area contributed by atoms with Crippen LogP contribution < -0.4 is 5.59 Å². The molecule has 1 aromatic rings. The number of nitrogens with one attached hydrogen (secondary N) is 1. The lowest BCUT2D eigenvalue weighted by Gasteiger charge is -2.03. The Balaban J connectivity index is 2.57. The summed E-state index contributed by atoms with van der Waals surface area (Å²) in [5.74, 6) is 0.0769. The molecule has 5 nitrogen and oxygen atoms in total. The molecule has 0 unspecified atom stereocenters. The Kier molecular flexibility index (Phi) is 5.11. The van der Waals surface area contributed by atoms with Gasteiger partial charge >= 0.3 is 0 Å². The molecule has 0 radical (unpaired) electrons. The van der Waals surface area contributed by atoms with E-state index >= 15 is 0 Å². The van der Waals surface area contributed by atoms with Crippen LogP contribution in [0, 0.1) is 6.92 Å². The van der Waals surface area contributed by atoms with Crippen LogP contribution in [0.15, 0.2) is 34.3 Å². The van der Waals surface area contributed by atoms with Gasteiger partial charge in [-0.3, -0.25) is 5.21 Å². The van der Waals surface area contributed by atoms with Crippen LogP contribution in [0.25, 0.3) is 0 Å². The Bertz CT molecular complexity index is 466. The standard InChI is InChI=1S/C11H16N2O3S/c1-10-4-6-11(7-5-10)17(15,16)9-3-2-8-12-13-14/h4-8,13-14H,2-3,9H2,1H3. The number of unbranched alkanes of at least 4 members (excludes halogenated alkanes) is 1. The summed E-state index contributed by atoms with van der Waals surface area (Å²) in [5, 5.41) is 11.5. The summed E-state index contributed by atoms with van der Waals surface area (Å²) in [6, 6.07) is 6.80. The van der Waals surface area contributed by atoms with Crippen LogP contribution in [-0.2, 0) is 9.84 Å². The van der Waals surface area contributed by atoms with E-state index in [1.165, 1.54) is 6.21 Å². The molecule has 0 aliphatic rings. The number of rotatable bonds is 6.